The van der Waals surface area contributed by atoms with E-state index in [-0.39, 0.29) is 17.5 Å². The minimum Gasteiger partial charge on any atom is -0.378 e. The summed E-state index contributed by atoms with van der Waals surface area (Å²) in [5.41, 5.74) is 2.07. The van der Waals surface area contributed by atoms with Crippen LogP contribution in [0.1, 0.15) is 58.4 Å². The number of piperidine rings is 1. The average molecular weight is 346 g/mol. The summed E-state index contributed by atoms with van der Waals surface area (Å²) in [7, 11) is 0. The lowest BCUT2D eigenvalue weighted by atomic mass is 9.91. The lowest BCUT2D eigenvalue weighted by molar-refractivity contribution is -0.00134. The molecular weight excluding hydrogens is 315 g/mol. The van der Waals surface area contributed by atoms with Gasteiger partial charge in [-0.1, -0.05) is 6.08 Å². The van der Waals surface area contributed by atoms with Crippen molar-refractivity contribution in [2.75, 3.05) is 19.7 Å². The summed E-state index contributed by atoms with van der Waals surface area (Å²) in [6.45, 7) is 10.1. The van der Waals surface area contributed by atoms with Crippen LogP contribution in [0.15, 0.2) is 24.5 Å². The molecule has 3 rings (SSSR count). The molecule has 1 aromatic rings. The zero-order chi connectivity index (χ0) is 17.9. The third-order valence-electron chi connectivity index (χ3n) is 5.61. The Hall–Kier alpha value is -1.26. The fourth-order valence-corrected chi connectivity index (χ4v) is 3.88. The van der Waals surface area contributed by atoms with Crippen molar-refractivity contribution in [1.82, 2.24) is 9.88 Å². The Kier molecular flexibility index (Phi) is 5.90. The van der Waals surface area contributed by atoms with Crippen LogP contribution in [0.5, 0.6) is 0 Å². The Labute approximate surface area is 151 Å². The lowest BCUT2D eigenvalue weighted by Gasteiger charge is -2.41. The van der Waals surface area contributed by atoms with E-state index in [0.29, 0.717) is 11.5 Å². The van der Waals surface area contributed by atoms with Crippen LogP contribution in [0.25, 0.3) is 5.57 Å². The number of likely N-dealkylation sites (tertiary alicyclic amines) is 1. The van der Waals surface area contributed by atoms with Crippen molar-refractivity contribution in [1.29, 1.82) is 0 Å². The van der Waals surface area contributed by atoms with Gasteiger partial charge in [0.25, 0.3) is 0 Å². The minimum absolute atomic E-state index is 0.223. The van der Waals surface area contributed by atoms with Gasteiger partial charge in [-0.25, -0.2) is 4.39 Å². The molecule has 0 saturated carbocycles. The van der Waals surface area contributed by atoms with Crippen molar-refractivity contribution in [3.8, 4) is 0 Å². The van der Waals surface area contributed by atoms with Crippen molar-refractivity contribution in [2.24, 2.45) is 5.92 Å². The van der Waals surface area contributed by atoms with Crippen molar-refractivity contribution >= 4 is 5.57 Å². The van der Waals surface area contributed by atoms with Gasteiger partial charge in [-0.2, -0.15) is 0 Å². The number of pyridine rings is 1. The topological polar surface area (TPSA) is 25.4 Å². The first-order chi connectivity index (χ1) is 11.9. The lowest BCUT2D eigenvalue weighted by Crippen LogP contribution is -2.46. The third-order valence-corrected chi connectivity index (χ3v) is 5.61. The van der Waals surface area contributed by atoms with Crippen LogP contribution in [0.4, 0.5) is 4.39 Å². The molecule has 2 heterocycles. The van der Waals surface area contributed by atoms with E-state index in [1.165, 1.54) is 32.1 Å². The van der Waals surface area contributed by atoms with Gasteiger partial charge in [-0.05, 0) is 83.5 Å². The molecule has 0 spiro atoms. The molecule has 0 amide bonds. The van der Waals surface area contributed by atoms with Gasteiger partial charge in [-0.3, -0.25) is 9.88 Å². The van der Waals surface area contributed by atoms with Gasteiger partial charge in [0, 0.05) is 23.9 Å². The maximum atomic E-state index is 13.8. The molecule has 2 aliphatic rings. The molecule has 0 aromatic carbocycles. The van der Waals surface area contributed by atoms with Gasteiger partial charge in [0.1, 0.15) is 5.82 Å². The summed E-state index contributed by atoms with van der Waals surface area (Å²) in [6, 6.07) is 1.77. The van der Waals surface area contributed by atoms with Crippen LogP contribution in [0.3, 0.4) is 0 Å². The molecule has 138 valence electrons. The summed E-state index contributed by atoms with van der Waals surface area (Å²) in [5.74, 6) is 0.459. The monoisotopic (exact) mass is 346 g/mol. The number of aromatic nitrogens is 1. The molecule has 25 heavy (non-hydrogen) atoms. The van der Waals surface area contributed by atoms with E-state index >= 15 is 0 Å². The predicted octanol–water partition coefficient (Wildman–Crippen LogP) is 4.68. The number of nitrogens with zero attached hydrogens (tertiary/aromatic N) is 2. The molecule has 1 atom stereocenters. The molecule has 1 unspecified atom stereocenters. The summed E-state index contributed by atoms with van der Waals surface area (Å²) in [6.07, 6.45) is 10.6. The van der Waals surface area contributed by atoms with Gasteiger partial charge in [0.15, 0.2) is 0 Å². The number of ether oxygens (including phenoxy) is 1. The molecule has 1 aromatic heterocycles. The highest BCUT2D eigenvalue weighted by Gasteiger charge is 2.27. The van der Waals surface area contributed by atoms with Crippen LogP contribution in [-0.2, 0) is 4.74 Å². The first kappa shape index (κ1) is 18.5. The second-order valence-corrected chi connectivity index (χ2v) is 8.42. The van der Waals surface area contributed by atoms with Crippen LogP contribution < -0.4 is 0 Å². The van der Waals surface area contributed by atoms with E-state index in [0.717, 1.165) is 31.4 Å². The highest BCUT2D eigenvalue weighted by Crippen LogP contribution is 2.30. The van der Waals surface area contributed by atoms with Gasteiger partial charge < -0.3 is 4.74 Å². The Morgan fingerprint density at radius 1 is 1.24 bits per heavy atom. The molecule has 1 fully saturated rings. The number of hydrogen-bond acceptors (Lipinski definition) is 3. The first-order valence-electron chi connectivity index (χ1n) is 9.59. The summed E-state index contributed by atoms with van der Waals surface area (Å²) in [4.78, 5) is 6.40. The summed E-state index contributed by atoms with van der Waals surface area (Å²) >= 11 is 0. The summed E-state index contributed by atoms with van der Waals surface area (Å²) < 4.78 is 20.0. The van der Waals surface area contributed by atoms with E-state index < -0.39 is 0 Å². The number of rotatable bonds is 4. The second-order valence-electron chi connectivity index (χ2n) is 8.42. The van der Waals surface area contributed by atoms with E-state index in [4.69, 9.17) is 4.74 Å². The fraction of sp³-hybridized carbons (Fsp3) is 0.667. The zero-order valence-corrected chi connectivity index (χ0v) is 15.8. The van der Waals surface area contributed by atoms with Crippen molar-refractivity contribution in [3.05, 3.63) is 35.9 Å². The smallest absolute Gasteiger partial charge is 0.148 e. The van der Waals surface area contributed by atoms with Gasteiger partial charge in [0.2, 0.25) is 0 Å². The fourth-order valence-electron chi connectivity index (χ4n) is 3.88. The standard InChI is InChI=1S/C21H31FN2O/c1-21(2,3)24-12-9-16(10-13-24)15-25-18-6-4-17(5-7-18)19-8-11-23-14-20(19)22/h4,8,11,14,16,18H,5-7,9-10,12-13,15H2,1-3H3. The number of allylic oxidation sites excluding steroid dienone is 1. The molecule has 1 saturated heterocycles. The average Bonchev–Trinajstić information content (AvgIpc) is 2.61. The van der Waals surface area contributed by atoms with Gasteiger partial charge in [-0.15, -0.1) is 0 Å². The van der Waals surface area contributed by atoms with Gasteiger partial charge in [0.05, 0.1) is 12.3 Å². The maximum Gasteiger partial charge on any atom is 0.148 e. The van der Waals surface area contributed by atoms with Crippen LogP contribution in [0.2, 0.25) is 0 Å². The molecule has 0 N–H and O–H groups in total. The molecule has 0 radical (unpaired) electrons. The predicted molar refractivity (Wildman–Crippen MR) is 99.8 cm³/mol. The largest absolute Gasteiger partial charge is 0.378 e. The van der Waals surface area contributed by atoms with Crippen molar-refractivity contribution < 1.29 is 9.13 Å². The van der Waals surface area contributed by atoms with Crippen LogP contribution in [-0.4, -0.2) is 41.2 Å². The van der Waals surface area contributed by atoms with E-state index in [1.807, 2.05) is 0 Å². The normalized spacial score (nSPS) is 23.5. The Bertz CT molecular complexity index is 600. The van der Waals surface area contributed by atoms with Crippen molar-refractivity contribution in [3.63, 3.8) is 0 Å². The number of hydrogen-bond donors (Lipinski definition) is 0. The third kappa shape index (κ3) is 4.89. The minimum atomic E-state index is -0.223. The quantitative estimate of drug-likeness (QED) is 0.791. The van der Waals surface area contributed by atoms with E-state index in [1.54, 1.807) is 12.3 Å². The Morgan fingerprint density at radius 3 is 2.60 bits per heavy atom. The van der Waals surface area contributed by atoms with Crippen LogP contribution >= 0.6 is 0 Å². The Morgan fingerprint density at radius 2 is 2.00 bits per heavy atom. The molecule has 1 aliphatic carbocycles. The van der Waals surface area contributed by atoms with Gasteiger partial charge >= 0.3 is 0 Å². The molecular formula is C21H31FN2O. The number of halogens is 1. The second kappa shape index (κ2) is 7.96. The highest BCUT2D eigenvalue weighted by molar-refractivity contribution is 5.66. The molecule has 3 nitrogen and oxygen atoms in total. The Balaban J connectivity index is 1.44. The maximum absolute atomic E-state index is 13.8. The molecule has 4 heteroatoms. The van der Waals surface area contributed by atoms with Crippen LogP contribution in [0, 0.1) is 11.7 Å². The molecule has 1 aliphatic heterocycles. The highest BCUT2D eigenvalue weighted by atomic mass is 19.1. The SMILES string of the molecule is CC(C)(C)N1CCC(COC2CC=C(c3ccncc3F)CC2)CC1. The van der Waals surface area contributed by atoms with E-state index in [9.17, 15) is 4.39 Å². The molecule has 0 bridgehead atoms. The summed E-state index contributed by atoms with van der Waals surface area (Å²) in [5, 5.41) is 0. The zero-order valence-electron chi connectivity index (χ0n) is 15.8. The first-order valence-corrected chi connectivity index (χ1v) is 9.59. The van der Waals surface area contributed by atoms with E-state index in [2.05, 4.69) is 36.7 Å². The van der Waals surface area contributed by atoms with Crippen molar-refractivity contribution in [2.45, 2.75) is 64.5 Å².